The lowest BCUT2D eigenvalue weighted by Crippen LogP contribution is -1.98. The Morgan fingerprint density at radius 1 is 1.33 bits per heavy atom. The molecule has 1 aromatic carbocycles. The van der Waals surface area contributed by atoms with Crippen LogP contribution in [0.4, 0.5) is 5.82 Å². The minimum absolute atomic E-state index is 0.269. The Morgan fingerprint density at radius 3 is 2.67 bits per heavy atom. The van der Waals surface area contributed by atoms with Crippen LogP contribution in [-0.2, 0) is 11.8 Å². The topological polar surface area (TPSA) is 53.1 Å². The molecule has 1 aliphatic rings. The largest absolute Gasteiger partial charge is 0.383 e. The molecule has 0 saturated carbocycles. The highest BCUT2D eigenvalue weighted by molar-refractivity contribution is 5.73. The van der Waals surface area contributed by atoms with Gasteiger partial charge in [0.1, 0.15) is 5.82 Å². The minimum Gasteiger partial charge on any atom is -0.383 e. The fourth-order valence-corrected chi connectivity index (χ4v) is 2.39. The highest BCUT2D eigenvalue weighted by Gasteiger charge is 2.17. The molecular weight excluding hydrogens is 226 g/mol. The first-order chi connectivity index (χ1) is 8.75. The number of rotatable bonds is 2. The number of aromatic nitrogens is 2. The molecule has 2 heterocycles. The Labute approximate surface area is 106 Å². The molecule has 1 atom stereocenters. The second-order valence-corrected chi connectivity index (χ2v) is 4.69. The van der Waals surface area contributed by atoms with Crippen LogP contribution in [0.5, 0.6) is 0 Å². The summed E-state index contributed by atoms with van der Waals surface area (Å²) >= 11 is 0. The Kier molecular flexibility index (Phi) is 2.80. The van der Waals surface area contributed by atoms with Gasteiger partial charge in [-0.1, -0.05) is 24.3 Å². The smallest absolute Gasteiger partial charge is 0.129 e. The molecular formula is C14H17N3O. The lowest BCUT2D eigenvalue weighted by Gasteiger charge is -2.10. The van der Waals surface area contributed by atoms with Gasteiger partial charge < -0.3 is 10.5 Å². The number of nitrogens with zero attached hydrogens (tertiary/aromatic N) is 2. The quantitative estimate of drug-likeness (QED) is 0.881. The van der Waals surface area contributed by atoms with Crippen LogP contribution in [0.1, 0.15) is 24.5 Å². The Bertz CT molecular complexity index is 539. The summed E-state index contributed by atoms with van der Waals surface area (Å²) in [5.41, 5.74) is 9.30. The summed E-state index contributed by atoms with van der Waals surface area (Å²) in [5.74, 6) is 0.694. The predicted molar refractivity (Wildman–Crippen MR) is 71.0 cm³/mol. The number of ether oxygens (including phenoxy) is 1. The number of nitrogens with two attached hydrogens (primary N) is 1. The third kappa shape index (κ3) is 1.88. The van der Waals surface area contributed by atoms with E-state index in [2.05, 4.69) is 29.4 Å². The standard InChI is InChI=1S/C14H17N3O/c1-17-14(15)12(9-16-17)10-4-6-11(7-5-10)13-3-2-8-18-13/h4-7,9,13H,2-3,8,15H2,1H3. The van der Waals surface area contributed by atoms with Crippen molar-refractivity contribution >= 4 is 5.82 Å². The molecule has 0 aliphatic carbocycles. The SMILES string of the molecule is Cn1ncc(-c2ccc(C3CCCO3)cc2)c1N. The van der Waals surface area contributed by atoms with Crippen LogP contribution in [0.3, 0.4) is 0 Å². The maximum absolute atomic E-state index is 5.97. The lowest BCUT2D eigenvalue weighted by molar-refractivity contribution is 0.112. The molecule has 4 heteroatoms. The molecule has 3 rings (SSSR count). The van der Waals surface area contributed by atoms with Crippen LogP contribution in [0.2, 0.25) is 0 Å². The number of hydrogen-bond acceptors (Lipinski definition) is 3. The van der Waals surface area contributed by atoms with Gasteiger partial charge in [0, 0.05) is 19.2 Å². The first kappa shape index (κ1) is 11.3. The summed E-state index contributed by atoms with van der Waals surface area (Å²) in [5, 5.41) is 4.16. The highest BCUT2D eigenvalue weighted by Crippen LogP contribution is 2.31. The van der Waals surface area contributed by atoms with Crippen molar-refractivity contribution in [3.8, 4) is 11.1 Å². The molecule has 4 nitrogen and oxygen atoms in total. The van der Waals surface area contributed by atoms with Gasteiger partial charge in [-0.05, 0) is 24.0 Å². The number of benzene rings is 1. The van der Waals surface area contributed by atoms with Crippen LogP contribution < -0.4 is 5.73 Å². The van der Waals surface area contributed by atoms with Crippen molar-refractivity contribution < 1.29 is 4.74 Å². The van der Waals surface area contributed by atoms with Gasteiger partial charge in [0.2, 0.25) is 0 Å². The third-order valence-corrected chi connectivity index (χ3v) is 3.51. The molecule has 94 valence electrons. The predicted octanol–water partition coefficient (Wildman–Crippen LogP) is 2.52. The van der Waals surface area contributed by atoms with Crippen molar-refractivity contribution in [1.29, 1.82) is 0 Å². The summed E-state index contributed by atoms with van der Waals surface area (Å²) in [6.07, 6.45) is 4.34. The first-order valence-electron chi connectivity index (χ1n) is 6.25. The summed E-state index contributed by atoms with van der Waals surface area (Å²) in [6, 6.07) is 8.42. The molecule has 0 bridgehead atoms. The van der Waals surface area contributed by atoms with Crippen LogP contribution in [0.25, 0.3) is 11.1 Å². The van der Waals surface area contributed by atoms with Gasteiger partial charge in [0.05, 0.1) is 12.3 Å². The van der Waals surface area contributed by atoms with E-state index in [9.17, 15) is 0 Å². The van der Waals surface area contributed by atoms with E-state index in [4.69, 9.17) is 10.5 Å². The van der Waals surface area contributed by atoms with Gasteiger partial charge in [-0.2, -0.15) is 5.10 Å². The molecule has 18 heavy (non-hydrogen) atoms. The van der Waals surface area contributed by atoms with Gasteiger partial charge in [-0.25, -0.2) is 0 Å². The first-order valence-corrected chi connectivity index (χ1v) is 6.25. The maximum atomic E-state index is 5.97. The zero-order valence-corrected chi connectivity index (χ0v) is 10.5. The highest BCUT2D eigenvalue weighted by atomic mass is 16.5. The van der Waals surface area contributed by atoms with Crippen LogP contribution >= 0.6 is 0 Å². The van der Waals surface area contributed by atoms with Gasteiger partial charge in [0.25, 0.3) is 0 Å². The molecule has 2 N–H and O–H groups in total. The number of hydrogen-bond donors (Lipinski definition) is 1. The molecule has 0 spiro atoms. The van der Waals surface area contributed by atoms with Gasteiger partial charge in [0.15, 0.2) is 0 Å². The van der Waals surface area contributed by atoms with Crippen LogP contribution in [-0.4, -0.2) is 16.4 Å². The monoisotopic (exact) mass is 243 g/mol. The lowest BCUT2D eigenvalue weighted by atomic mass is 10.0. The average molecular weight is 243 g/mol. The molecule has 0 amide bonds. The Morgan fingerprint density at radius 2 is 2.11 bits per heavy atom. The molecule has 1 fully saturated rings. The molecule has 2 aromatic rings. The van der Waals surface area contributed by atoms with Crippen LogP contribution in [0, 0.1) is 0 Å². The van der Waals surface area contributed by atoms with E-state index >= 15 is 0 Å². The van der Waals surface area contributed by atoms with Crippen LogP contribution in [0.15, 0.2) is 30.5 Å². The average Bonchev–Trinajstić information content (AvgIpc) is 3.02. The van der Waals surface area contributed by atoms with E-state index < -0.39 is 0 Å². The summed E-state index contributed by atoms with van der Waals surface area (Å²) in [4.78, 5) is 0. The van der Waals surface area contributed by atoms with E-state index in [-0.39, 0.29) is 6.10 Å². The maximum Gasteiger partial charge on any atom is 0.129 e. The van der Waals surface area contributed by atoms with Crippen molar-refractivity contribution in [3.05, 3.63) is 36.0 Å². The van der Waals surface area contributed by atoms with Gasteiger partial charge >= 0.3 is 0 Å². The normalized spacial score (nSPS) is 19.3. The summed E-state index contributed by atoms with van der Waals surface area (Å²) in [6.45, 7) is 0.877. The minimum atomic E-state index is 0.269. The zero-order valence-electron chi connectivity index (χ0n) is 10.5. The van der Waals surface area contributed by atoms with Crippen molar-refractivity contribution in [2.75, 3.05) is 12.3 Å². The summed E-state index contributed by atoms with van der Waals surface area (Å²) < 4.78 is 7.36. The molecule has 1 saturated heterocycles. The molecule has 1 unspecified atom stereocenters. The Hall–Kier alpha value is -1.81. The van der Waals surface area contributed by atoms with E-state index in [1.54, 1.807) is 10.9 Å². The van der Waals surface area contributed by atoms with Crippen molar-refractivity contribution in [2.45, 2.75) is 18.9 Å². The van der Waals surface area contributed by atoms with Crippen molar-refractivity contribution in [1.82, 2.24) is 9.78 Å². The second-order valence-electron chi connectivity index (χ2n) is 4.69. The van der Waals surface area contributed by atoms with E-state index in [0.717, 1.165) is 30.6 Å². The number of nitrogen functional groups attached to an aromatic ring is 1. The summed E-state index contributed by atoms with van der Waals surface area (Å²) in [7, 11) is 1.85. The third-order valence-electron chi connectivity index (χ3n) is 3.51. The molecule has 1 aliphatic heterocycles. The molecule has 0 radical (unpaired) electrons. The van der Waals surface area contributed by atoms with Gasteiger partial charge in [-0.3, -0.25) is 4.68 Å². The second kappa shape index (κ2) is 4.46. The fourth-order valence-electron chi connectivity index (χ4n) is 2.39. The van der Waals surface area contributed by atoms with Crippen molar-refractivity contribution in [3.63, 3.8) is 0 Å². The van der Waals surface area contributed by atoms with Gasteiger partial charge in [-0.15, -0.1) is 0 Å². The number of anilines is 1. The zero-order chi connectivity index (χ0) is 12.5. The van der Waals surface area contributed by atoms with E-state index in [1.165, 1.54) is 5.56 Å². The Balaban J connectivity index is 1.88. The van der Waals surface area contributed by atoms with Crippen molar-refractivity contribution in [2.24, 2.45) is 7.05 Å². The number of aryl methyl sites for hydroxylation is 1. The van der Waals surface area contributed by atoms with E-state index in [0.29, 0.717) is 5.82 Å². The molecule has 1 aromatic heterocycles. The van der Waals surface area contributed by atoms with E-state index in [1.807, 2.05) is 7.05 Å². The fraction of sp³-hybridized carbons (Fsp3) is 0.357.